The van der Waals surface area contributed by atoms with E-state index in [2.05, 4.69) is 51.6 Å². The zero-order valence-electron chi connectivity index (χ0n) is 20.9. The van der Waals surface area contributed by atoms with Crippen molar-refractivity contribution in [2.24, 2.45) is 4.99 Å². The monoisotopic (exact) mass is 508 g/mol. The van der Waals surface area contributed by atoms with Crippen LogP contribution in [0.5, 0.6) is 5.75 Å². The fourth-order valence-electron chi connectivity index (χ4n) is 5.29. The van der Waals surface area contributed by atoms with Crippen LogP contribution < -0.4 is 10.1 Å². The highest BCUT2D eigenvalue weighted by Gasteiger charge is 2.40. The number of hydrogen-bond donors (Lipinski definition) is 1. The predicted molar refractivity (Wildman–Crippen MR) is 141 cm³/mol. The molecule has 2 unspecified atom stereocenters. The van der Waals surface area contributed by atoms with Crippen molar-refractivity contribution in [1.82, 2.24) is 15.1 Å². The number of hydrogen-bond acceptors (Lipinski definition) is 6. The fraction of sp³-hybridized carbons (Fsp3) is 0.267. The SMILES string of the molecule is O=C1CCC(N2Cc3c(OCc4ccc(CN5C=NC(c6ccccc6)C5)cc4)cccc3C2=O)C(=O)N1. The second kappa shape index (κ2) is 10.1. The first-order chi connectivity index (χ1) is 18.5. The molecule has 3 amide bonds. The molecule has 0 radical (unpaired) electrons. The number of imide groups is 1. The first-order valence-electron chi connectivity index (χ1n) is 12.8. The molecule has 1 saturated heterocycles. The van der Waals surface area contributed by atoms with E-state index in [9.17, 15) is 14.4 Å². The molecule has 0 bridgehead atoms. The highest BCUT2D eigenvalue weighted by molar-refractivity contribution is 6.05. The normalized spacial score (nSPS) is 20.6. The Hall–Kier alpha value is -4.46. The van der Waals surface area contributed by atoms with E-state index >= 15 is 0 Å². The van der Waals surface area contributed by atoms with Crippen LogP contribution in [-0.2, 0) is 29.3 Å². The number of carbonyl (C=O) groups is 3. The molecule has 2 atom stereocenters. The molecule has 6 rings (SSSR count). The molecule has 0 aliphatic carbocycles. The number of piperidine rings is 1. The van der Waals surface area contributed by atoms with Gasteiger partial charge in [0.05, 0.1) is 18.9 Å². The smallest absolute Gasteiger partial charge is 0.255 e. The first-order valence-corrected chi connectivity index (χ1v) is 12.8. The van der Waals surface area contributed by atoms with Crippen molar-refractivity contribution in [3.05, 3.63) is 101 Å². The number of benzene rings is 3. The van der Waals surface area contributed by atoms with E-state index in [-0.39, 0.29) is 30.8 Å². The van der Waals surface area contributed by atoms with Crippen LogP contribution in [0.3, 0.4) is 0 Å². The van der Waals surface area contributed by atoms with Gasteiger partial charge in [0.2, 0.25) is 11.8 Å². The standard InChI is InChI=1S/C30H28N4O4/c35-28-14-13-26(29(36)32-28)34-16-24-23(30(34)37)7-4-8-27(24)38-18-21-11-9-20(10-12-21)15-33-17-25(31-19-33)22-5-2-1-3-6-22/h1-12,19,25-26H,13-18H2,(H,32,35,36). The van der Waals surface area contributed by atoms with Crippen molar-refractivity contribution in [2.75, 3.05) is 6.54 Å². The lowest BCUT2D eigenvalue weighted by Gasteiger charge is -2.29. The van der Waals surface area contributed by atoms with E-state index in [0.29, 0.717) is 24.3 Å². The Morgan fingerprint density at radius 2 is 1.71 bits per heavy atom. The lowest BCUT2D eigenvalue weighted by Crippen LogP contribution is -2.52. The summed E-state index contributed by atoms with van der Waals surface area (Å²) in [6.07, 6.45) is 2.50. The number of fused-ring (bicyclic) bond motifs is 1. The molecule has 8 nitrogen and oxygen atoms in total. The van der Waals surface area contributed by atoms with Crippen molar-refractivity contribution in [3.63, 3.8) is 0 Å². The average molecular weight is 509 g/mol. The van der Waals surface area contributed by atoms with Gasteiger partial charge in [-0.1, -0.05) is 60.7 Å². The molecule has 192 valence electrons. The van der Waals surface area contributed by atoms with Gasteiger partial charge in [-0.05, 0) is 35.2 Å². The highest BCUT2D eigenvalue weighted by atomic mass is 16.5. The maximum atomic E-state index is 13.0. The summed E-state index contributed by atoms with van der Waals surface area (Å²) in [6.45, 7) is 2.31. The Kier molecular flexibility index (Phi) is 6.37. The number of nitrogens with zero attached hydrogens (tertiary/aromatic N) is 3. The Morgan fingerprint density at radius 1 is 0.921 bits per heavy atom. The van der Waals surface area contributed by atoms with Crippen molar-refractivity contribution in [2.45, 2.75) is 44.6 Å². The van der Waals surface area contributed by atoms with Crippen molar-refractivity contribution in [3.8, 4) is 5.75 Å². The molecule has 3 aliphatic rings. The molecule has 0 aromatic heterocycles. The van der Waals surface area contributed by atoms with Gasteiger partial charge >= 0.3 is 0 Å². The van der Waals surface area contributed by atoms with Crippen LogP contribution in [0.1, 0.15) is 51.5 Å². The van der Waals surface area contributed by atoms with E-state index in [4.69, 9.17) is 4.74 Å². The second-order valence-corrected chi connectivity index (χ2v) is 9.91. The minimum Gasteiger partial charge on any atom is -0.489 e. The van der Waals surface area contributed by atoms with Crippen molar-refractivity contribution < 1.29 is 19.1 Å². The molecule has 3 aromatic carbocycles. The van der Waals surface area contributed by atoms with E-state index < -0.39 is 11.9 Å². The third kappa shape index (κ3) is 4.77. The molecule has 0 saturated carbocycles. The lowest BCUT2D eigenvalue weighted by atomic mass is 10.0. The van der Waals surface area contributed by atoms with Gasteiger partial charge in [-0.2, -0.15) is 0 Å². The lowest BCUT2D eigenvalue weighted by molar-refractivity contribution is -0.136. The molecule has 1 fully saturated rings. The predicted octanol–water partition coefficient (Wildman–Crippen LogP) is 3.61. The van der Waals surface area contributed by atoms with Crippen LogP contribution in [0, 0.1) is 0 Å². The Labute approximate surface area is 220 Å². The van der Waals surface area contributed by atoms with Gasteiger partial charge in [0, 0.05) is 30.6 Å². The Morgan fingerprint density at radius 3 is 2.50 bits per heavy atom. The van der Waals surface area contributed by atoms with Crippen molar-refractivity contribution in [1.29, 1.82) is 0 Å². The molecule has 3 aromatic rings. The van der Waals surface area contributed by atoms with Gasteiger partial charge in [-0.25, -0.2) is 0 Å². The number of amides is 3. The van der Waals surface area contributed by atoms with Gasteiger partial charge in [0.15, 0.2) is 0 Å². The van der Waals surface area contributed by atoms with E-state index in [1.54, 1.807) is 12.1 Å². The zero-order valence-corrected chi connectivity index (χ0v) is 20.9. The molecule has 1 N–H and O–H groups in total. The van der Waals surface area contributed by atoms with Crippen LogP contribution in [0.25, 0.3) is 0 Å². The molecule has 0 spiro atoms. The van der Waals surface area contributed by atoms with Gasteiger partial charge in [-0.3, -0.25) is 24.7 Å². The molecule has 3 aliphatic heterocycles. The number of nitrogens with one attached hydrogen (secondary N) is 1. The van der Waals surface area contributed by atoms with Crippen LogP contribution in [-0.4, -0.2) is 46.4 Å². The Bertz CT molecular complexity index is 1400. The summed E-state index contributed by atoms with van der Waals surface area (Å²) >= 11 is 0. The molecular formula is C30H28N4O4. The van der Waals surface area contributed by atoms with E-state index in [1.807, 2.05) is 30.6 Å². The summed E-state index contributed by atoms with van der Waals surface area (Å²) in [4.78, 5) is 45.3. The van der Waals surface area contributed by atoms with E-state index in [1.165, 1.54) is 16.0 Å². The van der Waals surface area contributed by atoms with Crippen LogP contribution >= 0.6 is 0 Å². The summed E-state index contributed by atoms with van der Waals surface area (Å²) in [5.74, 6) is -0.282. The molecule has 38 heavy (non-hydrogen) atoms. The summed E-state index contributed by atoms with van der Waals surface area (Å²) < 4.78 is 6.13. The number of aliphatic imine (C=N–C) groups is 1. The zero-order chi connectivity index (χ0) is 26.1. The first kappa shape index (κ1) is 23.9. The van der Waals surface area contributed by atoms with Crippen LogP contribution in [0.4, 0.5) is 0 Å². The molecular weight excluding hydrogens is 480 g/mol. The minimum atomic E-state index is -0.642. The van der Waals surface area contributed by atoms with Gasteiger partial charge in [0.25, 0.3) is 5.91 Å². The third-order valence-corrected chi connectivity index (χ3v) is 7.34. The van der Waals surface area contributed by atoms with Crippen LogP contribution in [0.15, 0.2) is 77.8 Å². The minimum absolute atomic E-state index is 0.175. The third-order valence-electron chi connectivity index (χ3n) is 7.34. The maximum Gasteiger partial charge on any atom is 0.255 e. The summed E-state index contributed by atoms with van der Waals surface area (Å²) in [5.41, 5.74) is 4.77. The van der Waals surface area contributed by atoms with Crippen molar-refractivity contribution >= 4 is 24.1 Å². The van der Waals surface area contributed by atoms with Crippen LogP contribution in [0.2, 0.25) is 0 Å². The largest absolute Gasteiger partial charge is 0.489 e. The summed E-state index contributed by atoms with van der Waals surface area (Å²) in [5, 5.41) is 2.34. The number of rotatable bonds is 7. The fourth-order valence-corrected chi connectivity index (χ4v) is 5.29. The van der Waals surface area contributed by atoms with Gasteiger partial charge in [0.1, 0.15) is 18.4 Å². The van der Waals surface area contributed by atoms with Gasteiger partial charge < -0.3 is 14.5 Å². The quantitative estimate of drug-likeness (QED) is 0.493. The summed E-state index contributed by atoms with van der Waals surface area (Å²) in [6, 6.07) is 23.6. The maximum absolute atomic E-state index is 13.0. The van der Waals surface area contributed by atoms with E-state index in [0.717, 1.165) is 24.2 Å². The molecule has 8 heteroatoms. The Balaban J connectivity index is 1.06. The number of ether oxygens (including phenoxy) is 1. The number of carbonyl (C=O) groups excluding carboxylic acids is 3. The summed E-state index contributed by atoms with van der Waals surface area (Å²) in [7, 11) is 0. The average Bonchev–Trinajstić information content (AvgIpc) is 3.54. The highest BCUT2D eigenvalue weighted by Crippen LogP contribution is 2.34. The molecule has 3 heterocycles. The topological polar surface area (TPSA) is 91.3 Å². The second-order valence-electron chi connectivity index (χ2n) is 9.91. The van der Waals surface area contributed by atoms with Gasteiger partial charge in [-0.15, -0.1) is 0 Å².